The van der Waals surface area contributed by atoms with Crippen LogP contribution in [0.5, 0.6) is 5.88 Å². The Morgan fingerprint density at radius 2 is 2.21 bits per heavy atom. The molecule has 154 valence electrons. The topological polar surface area (TPSA) is 55.3 Å². The van der Waals surface area contributed by atoms with Gasteiger partial charge in [0.1, 0.15) is 23.5 Å². The van der Waals surface area contributed by atoms with Gasteiger partial charge < -0.3 is 9.64 Å². The molecule has 2 aromatic rings. The van der Waals surface area contributed by atoms with Gasteiger partial charge in [0, 0.05) is 18.1 Å². The van der Waals surface area contributed by atoms with E-state index >= 15 is 0 Å². The van der Waals surface area contributed by atoms with Gasteiger partial charge in [0.2, 0.25) is 11.8 Å². The van der Waals surface area contributed by atoms with Crippen LogP contribution >= 0.6 is 11.6 Å². The van der Waals surface area contributed by atoms with Crippen LogP contribution in [0.1, 0.15) is 37.8 Å². The van der Waals surface area contributed by atoms with E-state index in [1.54, 1.807) is 12.1 Å². The first-order valence-corrected chi connectivity index (χ1v) is 9.73. The van der Waals surface area contributed by atoms with Crippen molar-refractivity contribution in [2.45, 2.75) is 44.5 Å². The molecule has 0 aliphatic carbocycles. The number of hydrogen-bond donors (Lipinski definition) is 0. The summed E-state index contributed by atoms with van der Waals surface area (Å²) in [7, 11) is 0. The van der Waals surface area contributed by atoms with Crippen molar-refractivity contribution in [1.82, 2.24) is 14.9 Å². The molecule has 1 saturated heterocycles. The van der Waals surface area contributed by atoms with Gasteiger partial charge in [-0.05, 0) is 37.5 Å². The summed E-state index contributed by atoms with van der Waals surface area (Å²) in [5, 5.41) is 0.278. The highest BCUT2D eigenvalue weighted by Gasteiger charge is 2.37. The van der Waals surface area contributed by atoms with Gasteiger partial charge in [-0.1, -0.05) is 30.3 Å². The van der Waals surface area contributed by atoms with Crippen LogP contribution in [0.3, 0.4) is 0 Å². The predicted molar refractivity (Wildman–Crippen MR) is 106 cm³/mol. The molecule has 0 N–H and O–H groups in total. The molecule has 0 radical (unpaired) electrons. The number of nitrogens with zero attached hydrogens (tertiary/aromatic N) is 3. The molecule has 0 bridgehead atoms. The number of likely N-dealkylation sites (tertiary alicyclic amines) is 1. The summed E-state index contributed by atoms with van der Waals surface area (Å²) in [5.41, 5.74) is 0.945. The molecule has 3 atom stereocenters. The molecular weight excluding hydrogens is 400 g/mol. The molecule has 3 unspecified atom stereocenters. The van der Waals surface area contributed by atoms with Crippen LogP contribution in [0.2, 0.25) is 5.15 Å². The number of alkyl halides is 1. The van der Waals surface area contributed by atoms with Crippen LogP contribution in [-0.4, -0.2) is 39.6 Å². The minimum Gasteiger partial charge on any atom is -0.475 e. The fourth-order valence-electron chi connectivity index (χ4n) is 3.37. The van der Waals surface area contributed by atoms with Crippen LogP contribution in [0.4, 0.5) is 8.78 Å². The van der Waals surface area contributed by atoms with E-state index in [1.807, 2.05) is 6.92 Å². The zero-order valence-corrected chi connectivity index (χ0v) is 16.8. The maximum Gasteiger partial charge on any atom is 0.249 e. The van der Waals surface area contributed by atoms with Crippen molar-refractivity contribution in [2.75, 3.05) is 6.54 Å². The Morgan fingerprint density at radius 1 is 1.41 bits per heavy atom. The quantitative estimate of drug-likeness (QED) is 0.481. The lowest BCUT2D eigenvalue weighted by Crippen LogP contribution is -2.32. The van der Waals surface area contributed by atoms with Crippen molar-refractivity contribution in [3.05, 3.63) is 65.3 Å². The van der Waals surface area contributed by atoms with Gasteiger partial charge in [0.25, 0.3) is 0 Å². The number of ether oxygens (including phenoxy) is 1. The lowest BCUT2D eigenvalue weighted by Gasteiger charge is -2.26. The maximum absolute atomic E-state index is 14.1. The van der Waals surface area contributed by atoms with Gasteiger partial charge in [-0.15, -0.1) is 0 Å². The fraction of sp³-hybridized carbons (Fsp3) is 0.381. The molecule has 1 fully saturated rings. The Balaban J connectivity index is 1.59. The summed E-state index contributed by atoms with van der Waals surface area (Å²) < 4.78 is 33.3. The molecule has 0 spiro atoms. The van der Waals surface area contributed by atoms with Crippen molar-refractivity contribution in [3.63, 3.8) is 0 Å². The number of carbonyl (C=O) groups is 1. The lowest BCUT2D eigenvalue weighted by atomic mass is 10.0. The molecular formula is C21H22ClF2N3O2. The van der Waals surface area contributed by atoms with Crippen LogP contribution in [0, 0.1) is 5.82 Å². The van der Waals surface area contributed by atoms with E-state index in [9.17, 15) is 13.6 Å². The first kappa shape index (κ1) is 21.2. The zero-order valence-electron chi connectivity index (χ0n) is 16.0. The summed E-state index contributed by atoms with van der Waals surface area (Å²) in [6, 6.07) is 6.94. The van der Waals surface area contributed by atoms with Crippen LogP contribution in [0.15, 0.2) is 48.8 Å². The highest BCUT2D eigenvalue weighted by Crippen LogP contribution is 2.35. The first-order valence-electron chi connectivity index (χ1n) is 9.36. The highest BCUT2D eigenvalue weighted by molar-refractivity contribution is 6.29. The summed E-state index contributed by atoms with van der Waals surface area (Å²) in [5.74, 6) is -0.385. The molecule has 1 aromatic carbocycles. The SMILES string of the molecule is C=C(CCC(C)Oc1cc(Cl)ncn1)C(=O)N1CC(F)CC1c1cccc(F)c1. The van der Waals surface area contributed by atoms with Crippen molar-refractivity contribution in [2.24, 2.45) is 0 Å². The molecule has 8 heteroatoms. The van der Waals surface area contributed by atoms with Gasteiger partial charge in [0.05, 0.1) is 18.7 Å². The van der Waals surface area contributed by atoms with E-state index in [4.69, 9.17) is 16.3 Å². The third-order valence-corrected chi connectivity index (χ3v) is 5.04. The minimum absolute atomic E-state index is 0.0233. The Labute approximate surface area is 173 Å². The molecule has 1 aromatic heterocycles. The second-order valence-corrected chi connectivity index (χ2v) is 7.50. The van der Waals surface area contributed by atoms with Crippen molar-refractivity contribution in [1.29, 1.82) is 0 Å². The van der Waals surface area contributed by atoms with E-state index in [0.29, 0.717) is 29.9 Å². The van der Waals surface area contributed by atoms with Gasteiger partial charge >= 0.3 is 0 Å². The Kier molecular flexibility index (Phi) is 6.79. The second kappa shape index (κ2) is 9.31. The molecule has 1 aliphatic rings. The average molecular weight is 422 g/mol. The normalized spacial score (nSPS) is 19.8. The first-order chi connectivity index (χ1) is 13.8. The molecule has 1 aliphatic heterocycles. The largest absolute Gasteiger partial charge is 0.475 e. The third kappa shape index (κ3) is 5.50. The summed E-state index contributed by atoms with van der Waals surface area (Å²) in [6.45, 7) is 5.69. The summed E-state index contributed by atoms with van der Waals surface area (Å²) in [6.07, 6.45) is 0.962. The van der Waals surface area contributed by atoms with E-state index in [1.165, 1.54) is 29.4 Å². The van der Waals surface area contributed by atoms with Gasteiger partial charge in [-0.25, -0.2) is 18.7 Å². The van der Waals surface area contributed by atoms with Crippen molar-refractivity contribution < 1.29 is 18.3 Å². The van der Waals surface area contributed by atoms with Crippen LogP contribution in [-0.2, 0) is 4.79 Å². The molecule has 3 rings (SSSR count). The van der Waals surface area contributed by atoms with E-state index in [2.05, 4.69) is 16.5 Å². The van der Waals surface area contributed by atoms with Gasteiger partial charge in [0.15, 0.2) is 0 Å². The molecule has 1 amide bonds. The average Bonchev–Trinajstić information content (AvgIpc) is 3.07. The van der Waals surface area contributed by atoms with Crippen molar-refractivity contribution in [3.8, 4) is 5.88 Å². The summed E-state index contributed by atoms with van der Waals surface area (Å²) >= 11 is 5.81. The second-order valence-electron chi connectivity index (χ2n) is 7.11. The minimum atomic E-state index is -1.15. The van der Waals surface area contributed by atoms with Gasteiger partial charge in [-0.3, -0.25) is 4.79 Å². The fourth-order valence-corrected chi connectivity index (χ4v) is 3.51. The third-order valence-electron chi connectivity index (χ3n) is 4.83. The van der Waals surface area contributed by atoms with Crippen LogP contribution < -0.4 is 4.74 Å². The Morgan fingerprint density at radius 3 is 2.93 bits per heavy atom. The number of aromatic nitrogens is 2. The number of carbonyl (C=O) groups excluding carboxylic acids is 1. The number of rotatable bonds is 7. The standard InChI is InChI=1S/C21H22ClF2N3O2/c1-13(6-7-14(2)29-20-10-19(22)25-12-26-20)21(28)27-11-17(24)9-18(27)15-4-3-5-16(23)8-15/h3-5,8,10,12,14,17-18H,1,6-7,9,11H2,2H3. The molecule has 5 nitrogen and oxygen atoms in total. The number of halogens is 3. The number of benzene rings is 1. The molecule has 29 heavy (non-hydrogen) atoms. The number of hydrogen-bond acceptors (Lipinski definition) is 4. The van der Waals surface area contributed by atoms with Crippen LogP contribution in [0.25, 0.3) is 0 Å². The van der Waals surface area contributed by atoms with Crippen molar-refractivity contribution >= 4 is 17.5 Å². The van der Waals surface area contributed by atoms with E-state index in [0.717, 1.165) is 0 Å². The molecule has 0 saturated carbocycles. The van der Waals surface area contributed by atoms with Gasteiger partial charge in [-0.2, -0.15) is 0 Å². The van der Waals surface area contributed by atoms with E-state index in [-0.39, 0.29) is 30.1 Å². The highest BCUT2D eigenvalue weighted by atomic mass is 35.5. The Bertz CT molecular complexity index is 896. The zero-order chi connectivity index (χ0) is 21.0. The maximum atomic E-state index is 14.1. The van der Waals surface area contributed by atoms with E-state index < -0.39 is 18.0 Å². The lowest BCUT2D eigenvalue weighted by molar-refractivity contribution is -0.128. The monoisotopic (exact) mass is 421 g/mol. The predicted octanol–water partition coefficient (Wildman–Crippen LogP) is 4.68. The molecule has 2 heterocycles. The smallest absolute Gasteiger partial charge is 0.249 e. The number of amides is 1. The summed E-state index contributed by atoms with van der Waals surface area (Å²) in [4.78, 5) is 22.1. The Hall–Kier alpha value is -2.54.